The fraction of sp³-hybridized carbons (Fsp3) is 0.676. The van der Waals surface area contributed by atoms with Gasteiger partial charge < -0.3 is 20.2 Å². The van der Waals surface area contributed by atoms with Crippen molar-refractivity contribution < 1.29 is 24.0 Å². The van der Waals surface area contributed by atoms with E-state index in [4.69, 9.17) is 5.11 Å². The number of carbonyl (C=O) groups excluding carboxylic acids is 2. The van der Waals surface area contributed by atoms with Crippen molar-refractivity contribution in [3.8, 4) is 0 Å². The predicted octanol–water partition coefficient (Wildman–Crippen LogP) is 6.07. The van der Waals surface area contributed by atoms with Crippen LogP contribution in [0.4, 0.5) is 0 Å². The number of carboxylic acids is 1. The van der Waals surface area contributed by atoms with E-state index in [0.717, 1.165) is 11.1 Å². The second-order valence-electron chi connectivity index (χ2n) is 15.7. The molecule has 0 saturated heterocycles. The molecule has 2 aromatic rings. The van der Waals surface area contributed by atoms with E-state index < -0.39 is 5.97 Å². The third kappa shape index (κ3) is 9.81. The first-order chi connectivity index (χ1) is 19.9. The number of hydrogen-bond acceptors (Lipinski definition) is 6. The maximum absolute atomic E-state index is 13.1. The number of thiol groups is 1. The average molecular weight is 667 g/mol. The minimum atomic E-state index is -0.853. The lowest BCUT2D eigenvalue weighted by Gasteiger charge is -2.41. The molecule has 0 fully saturated rings. The van der Waals surface area contributed by atoms with Gasteiger partial charge in [0.1, 0.15) is 0 Å². The average Bonchev–Trinajstić information content (AvgIpc) is 3.47. The molecule has 248 valence electrons. The summed E-state index contributed by atoms with van der Waals surface area (Å²) in [5.74, 6) is -0.301. The topological polar surface area (TPSA) is 95.5 Å². The number of rotatable bonds is 14. The van der Waals surface area contributed by atoms with Gasteiger partial charge in [-0.2, -0.15) is 12.6 Å². The lowest BCUT2D eigenvalue weighted by Crippen LogP contribution is -2.48. The lowest BCUT2D eigenvalue weighted by atomic mass is 9.65. The van der Waals surface area contributed by atoms with Crippen molar-refractivity contribution in [3.05, 3.63) is 42.8 Å². The molecule has 0 aliphatic heterocycles. The van der Waals surface area contributed by atoms with Gasteiger partial charge in [-0.15, -0.1) is 22.7 Å². The van der Waals surface area contributed by atoms with Crippen LogP contribution in [0.25, 0.3) is 0 Å². The summed E-state index contributed by atoms with van der Waals surface area (Å²) in [5, 5.41) is 15.2. The Hall–Kier alpha value is -1.88. The molecule has 3 N–H and O–H groups in total. The van der Waals surface area contributed by atoms with Crippen molar-refractivity contribution >= 4 is 53.1 Å². The molecule has 2 rings (SSSR count). The highest BCUT2D eigenvalue weighted by Gasteiger charge is 2.44. The summed E-state index contributed by atoms with van der Waals surface area (Å²) < 4.78 is 0.299. The first-order valence-corrected chi connectivity index (χ1v) is 17.6. The molecule has 2 heterocycles. The van der Waals surface area contributed by atoms with Gasteiger partial charge in [-0.25, -0.2) is 4.79 Å². The lowest BCUT2D eigenvalue weighted by molar-refractivity contribution is -0.881. The van der Waals surface area contributed by atoms with Crippen molar-refractivity contribution in [3.63, 3.8) is 0 Å². The van der Waals surface area contributed by atoms with E-state index in [-0.39, 0.29) is 46.4 Å². The maximum atomic E-state index is 13.1. The van der Waals surface area contributed by atoms with E-state index >= 15 is 0 Å². The first-order valence-electron chi connectivity index (χ1n) is 15.4. The van der Waals surface area contributed by atoms with Gasteiger partial charge in [0.05, 0.1) is 40.0 Å². The minimum Gasteiger partial charge on any atom is -0.477 e. The van der Waals surface area contributed by atoms with E-state index in [1.807, 2.05) is 25.4 Å². The van der Waals surface area contributed by atoms with Crippen molar-refractivity contribution in [2.24, 2.45) is 0 Å². The summed E-state index contributed by atoms with van der Waals surface area (Å²) >= 11 is 7.83. The van der Waals surface area contributed by atoms with Gasteiger partial charge in [0, 0.05) is 42.6 Å². The standard InChI is InChI=1S/C34H55N3O4S3/c1-31(2,3)24-17-23(20-27(39)36-14-16-42)30(43-24)34(9,10)33(7,8)25-18-22(29(44-25)32(4,5)6)19-26(38)35-13-15-37(11,12)21-28(40)41/h17-18H,13-16,19-21H2,1-12H3,(H3-,35,36,38,39,40,41,42)/p+1. The molecule has 0 radical (unpaired) electrons. The molecule has 2 amide bonds. The summed E-state index contributed by atoms with van der Waals surface area (Å²) in [6, 6.07) is 4.44. The van der Waals surface area contributed by atoms with Crippen LogP contribution in [0.1, 0.15) is 99.9 Å². The third-order valence-electron chi connectivity index (χ3n) is 8.52. The summed E-state index contributed by atoms with van der Waals surface area (Å²) in [5.41, 5.74) is 1.31. The number of quaternary nitrogens is 1. The molecule has 7 nitrogen and oxygen atoms in total. The fourth-order valence-corrected chi connectivity index (χ4v) is 8.27. The van der Waals surface area contributed by atoms with Crippen molar-refractivity contribution in [1.82, 2.24) is 10.6 Å². The molecule has 0 aromatic carbocycles. The zero-order chi connectivity index (χ0) is 33.9. The smallest absolute Gasteiger partial charge is 0.359 e. The van der Waals surface area contributed by atoms with Gasteiger partial charge >= 0.3 is 5.97 Å². The molecular formula is C34H56N3O4S3+. The summed E-state index contributed by atoms with van der Waals surface area (Å²) in [6.45, 7) is 23.8. The number of carboxylic acid groups (broad SMARTS) is 1. The second-order valence-corrected chi connectivity index (χ2v) is 18.2. The van der Waals surface area contributed by atoms with E-state index in [1.165, 1.54) is 19.5 Å². The van der Waals surface area contributed by atoms with Crippen molar-refractivity contribution in [1.29, 1.82) is 0 Å². The van der Waals surface area contributed by atoms with Crippen LogP contribution in [0.3, 0.4) is 0 Å². The molecule has 44 heavy (non-hydrogen) atoms. The van der Waals surface area contributed by atoms with Gasteiger partial charge in [0.15, 0.2) is 6.54 Å². The monoisotopic (exact) mass is 666 g/mol. The highest BCUT2D eigenvalue weighted by atomic mass is 32.1. The fourth-order valence-electron chi connectivity index (χ4n) is 5.16. The number of amides is 2. The predicted molar refractivity (Wildman–Crippen MR) is 189 cm³/mol. The SMILES string of the molecule is CC(C)(C)c1cc(CC(=O)NCCS)c(C(C)(C)C(C)(C)c2cc(CC(=O)NCC[N+](C)(C)CC(=O)O)c(C(C)(C)C)s2)s1. The zero-order valence-corrected chi connectivity index (χ0v) is 31.5. The normalized spacial score (nSPS) is 13.2. The van der Waals surface area contributed by atoms with Gasteiger partial charge in [0.25, 0.3) is 0 Å². The van der Waals surface area contributed by atoms with Crippen LogP contribution in [-0.2, 0) is 48.9 Å². The van der Waals surface area contributed by atoms with E-state index in [1.54, 1.807) is 11.3 Å². The molecular weight excluding hydrogens is 611 g/mol. The Balaban J connectivity index is 2.45. The number of nitrogens with one attached hydrogen (secondary N) is 2. The number of aliphatic carboxylic acids is 1. The van der Waals surface area contributed by atoms with Gasteiger partial charge in [-0.05, 0) is 34.1 Å². The summed E-state index contributed by atoms with van der Waals surface area (Å²) in [7, 11) is 3.70. The molecule has 0 aliphatic rings. The molecule has 0 unspecified atom stereocenters. The van der Waals surface area contributed by atoms with Crippen LogP contribution < -0.4 is 10.6 Å². The van der Waals surface area contributed by atoms with E-state index in [2.05, 4.69) is 105 Å². The number of nitrogens with zero attached hydrogens (tertiary/aromatic N) is 1. The number of thiophene rings is 2. The second kappa shape index (κ2) is 14.3. The molecule has 0 atom stereocenters. The van der Waals surface area contributed by atoms with Crippen molar-refractivity contribution in [2.45, 2.75) is 104 Å². The highest BCUT2D eigenvalue weighted by molar-refractivity contribution is 7.80. The zero-order valence-electron chi connectivity index (χ0n) is 29.0. The van der Waals surface area contributed by atoms with Crippen LogP contribution in [0.2, 0.25) is 0 Å². The van der Waals surface area contributed by atoms with E-state index in [0.29, 0.717) is 36.3 Å². The quantitative estimate of drug-likeness (QED) is 0.146. The van der Waals surface area contributed by atoms with Crippen LogP contribution in [0.5, 0.6) is 0 Å². The van der Waals surface area contributed by atoms with Crippen LogP contribution in [-0.4, -0.2) is 73.4 Å². The molecule has 0 bridgehead atoms. The molecule has 10 heteroatoms. The van der Waals surface area contributed by atoms with Gasteiger partial charge in [-0.1, -0.05) is 69.2 Å². The Bertz CT molecular complexity index is 1320. The molecule has 2 aromatic heterocycles. The van der Waals surface area contributed by atoms with Gasteiger partial charge in [0.2, 0.25) is 11.8 Å². The van der Waals surface area contributed by atoms with Crippen molar-refractivity contribution in [2.75, 3.05) is 46.0 Å². The minimum absolute atomic E-state index is 0.00628. The Kier molecular flexibility index (Phi) is 12.4. The molecule has 0 aliphatic carbocycles. The highest BCUT2D eigenvalue weighted by Crippen LogP contribution is 2.52. The molecule has 0 saturated carbocycles. The first kappa shape index (κ1) is 38.3. The Labute approximate surface area is 279 Å². The maximum Gasteiger partial charge on any atom is 0.359 e. The largest absolute Gasteiger partial charge is 0.477 e. The molecule has 0 spiro atoms. The number of hydrogen-bond donors (Lipinski definition) is 4. The number of likely N-dealkylation sites (N-methyl/N-ethyl adjacent to an activating group) is 1. The van der Waals surface area contributed by atoms with Crippen LogP contribution in [0, 0.1) is 0 Å². The Morgan fingerprint density at radius 1 is 0.750 bits per heavy atom. The van der Waals surface area contributed by atoms with Gasteiger partial charge in [-0.3, -0.25) is 9.59 Å². The summed E-state index contributed by atoms with van der Waals surface area (Å²) in [6.07, 6.45) is 0.607. The Morgan fingerprint density at radius 3 is 1.70 bits per heavy atom. The Morgan fingerprint density at radius 2 is 1.23 bits per heavy atom. The third-order valence-corrected chi connectivity index (χ3v) is 12.6. The van der Waals surface area contributed by atoms with E-state index in [9.17, 15) is 14.4 Å². The summed E-state index contributed by atoms with van der Waals surface area (Å²) in [4.78, 5) is 42.0. The van der Waals surface area contributed by atoms with Crippen LogP contribution in [0.15, 0.2) is 12.1 Å². The van der Waals surface area contributed by atoms with Crippen LogP contribution >= 0.6 is 35.3 Å². The number of carbonyl (C=O) groups is 3.